The van der Waals surface area contributed by atoms with Crippen LogP contribution >= 0.6 is 0 Å². The summed E-state index contributed by atoms with van der Waals surface area (Å²) in [5, 5.41) is 3.31. The second kappa shape index (κ2) is 5.22. The van der Waals surface area contributed by atoms with Crippen LogP contribution in [0.2, 0.25) is 0 Å². The van der Waals surface area contributed by atoms with Gasteiger partial charge in [0.1, 0.15) is 0 Å². The van der Waals surface area contributed by atoms with Crippen molar-refractivity contribution in [1.29, 1.82) is 0 Å². The molecule has 0 aliphatic heterocycles. The van der Waals surface area contributed by atoms with Gasteiger partial charge in [0, 0.05) is 4.91 Å². The zero-order chi connectivity index (χ0) is 7.98. The lowest BCUT2D eigenvalue weighted by atomic mass is 10.3. The fraction of sp³-hybridized carbons (Fsp3) is 1.00. The maximum absolute atomic E-state index is 10.2. The summed E-state index contributed by atoms with van der Waals surface area (Å²) in [6.07, 6.45) is 0.594. The molecule has 0 amide bonds. The van der Waals surface area contributed by atoms with E-state index >= 15 is 0 Å². The molecule has 2 atom stereocenters. The molecular formula is C4H9N3O2S. The zero-order valence-electron chi connectivity index (χ0n) is 5.60. The standard InChI is InChI=1S/C4H9N3O2S/c1-2-4(6-7-5)3-10(8)9/h4H,2-3H2,1H3,(H,8,9). The first-order valence-corrected chi connectivity index (χ1v) is 4.10. The van der Waals surface area contributed by atoms with Crippen molar-refractivity contribution in [1.82, 2.24) is 0 Å². The monoisotopic (exact) mass is 163 g/mol. The molecule has 0 radical (unpaired) electrons. The van der Waals surface area contributed by atoms with E-state index in [4.69, 9.17) is 10.1 Å². The van der Waals surface area contributed by atoms with Gasteiger partial charge >= 0.3 is 0 Å². The number of azide groups is 1. The molecule has 0 rings (SSSR count). The Balaban J connectivity index is 3.82. The Labute approximate surface area is 61.3 Å². The summed E-state index contributed by atoms with van der Waals surface area (Å²) < 4.78 is 18.5. The third kappa shape index (κ3) is 4.31. The second-order valence-corrected chi connectivity index (χ2v) is 2.73. The minimum Gasteiger partial charge on any atom is -0.306 e. The average molecular weight is 163 g/mol. The van der Waals surface area contributed by atoms with Crippen LogP contribution in [0.4, 0.5) is 0 Å². The lowest BCUT2D eigenvalue weighted by Gasteiger charge is -2.01. The van der Waals surface area contributed by atoms with Crippen LogP contribution in [0.5, 0.6) is 0 Å². The molecular weight excluding hydrogens is 154 g/mol. The molecule has 0 bridgehead atoms. The summed E-state index contributed by atoms with van der Waals surface area (Å²) >= 11 is -1.86. The van der Waals surface area contributed by atoms with Crippen LogP contribution in [0.3, 0.4) is 0 Å². The first-order chi connectivity index (χ1) is 4.70. The van der Waals surface area contributed by atoms with E-state index in [2.05, 4.69) is 10.0 Å². The highest BCUT2D eigenvalue weighted by molar-refractivity contribution is 7.79. The van der Waals surface area contributed by atoms with Gasteiger partial charge in [-0.3, -0.25) is 0 Å². The van der Waals surface area contributed by atoms with Crippen LogP contribution in [0.15, 0.2) is 5.11 Å². The van der Waals surface area contributed by atoms with E-state index in [1.807, 2.05) is 0 Å². The number of nitrogens with zero attached hydrogens (tertiary/aromatic N) is 3. The van der Waals surface area contributed by atoms with Crippen LogP contribution < -0.4 is 0 Å². The van der Waals surface area contributed by atoms with Crippen molar-refractivity contribution in [2.24, 2.45) is 5.11 Å². The Kier molecular flexibility index (Phi) is 4.92. The quantitative estimate of drug-likeness (QED) is 0.293. The molecule has 58 valence electrons. The Morgan fingerprint density at radius 1 is 1.90 bits per heavy atom. The maximum Gasteiger partial charge on any atom is 0.153 e. The molecule has 0 aliphatic rings. The molecule has 0 spiro atoms. The first kappa shape index (κ1) is 9.42. The summed E-state index contributed by atoms with van der Waals surface area (Å²) in [7, 11) is 0. The number of hydrogen-bond donors (Lipinski definition) is 1. The van der Waals surface area contributed by atoms with Gasteiger partial charge in [-0.25, -0.2) is 4.21 Å². The molecule has 0 aromatic rings. The molecule has 5 nitrogen and oxygen atoms in total. The summed E-state index contributed by atoms with van der Waals surface area (Å²) in [6.45, 7) is 1.80. The van der Waals surface area contributed by atoms with E-state index in [1.54, 1.807) is 6.92 Å². The van der Waals surface area contributed by atoms with Crippen molar-refractivity contribution in [3.8, 4) is 0 Å². The predicted molar refractivity (Wildman–Crippen MR) is 38.9 cm³/mol. The van der Waals surface area contributed by atoms with Crippen LogP contribution in [0.25, 0.3) is 10.4 Å². The second-order valence-electron chi connectivity index (χ2n) is 1.76. The van der Waals surface area contributed by atoms with Crippen molar-refractivity contribution in [2.45, 2.75) is 19.4 Å². The van der Waals surface area contributed by atoms with Gasteiger partial charge in [0.15, 0.2) is 11.1 Å². The van der Waals surface area contributed by atoms with Crippen LogP contribution in [0, 0.1) is 0 Å². The SMILES string of the molecule is CCC(CS(=O)O)N=[N+]=[N-]. The highest BCUT2D eigenvalue weighted by atomic mass is 32.2. The fourth-order valence-electron chi connectivity index (χ4n) is 0.470. The van der Waals surface area contributed by atoms with E-state index < -0.39 is 11.1 Å². The molecule has 0 aliphatic carbocycles. The fourth-order valence-corrected chi connectivity index (χ4v) is 1.10. The molecule has 0 aromatic carbocycles. The van der Waals surface area contributed by atoms with E-state index in [9.17, 15) is 4.21 Å². The van der Waals surface area contributed by atoms with Gasteiger partial charge in [0.2, 0.25) is 0 Å². The van der Waals surface area contributed by atoms with Crippen LogP contribution in [0.1, 0.15) is 13.3 Å². The molecule has 0 aromatic heterocycles. The largest absolute Gasteiger partial charge is 0.306 e. The zero-order valence-corrected chi connectivity index (χ0v) is 6.41. The van der Waals surface area contributed by atoms with E-state index in [0.717, 1.165) is 0 Å². The third-order valence-corrected chi connectivity index (χ3v) is 1.69. The number of hydrogen-bond acceptors (Lipinski definition) is 2. The number of rotatable bonds is 4. The minimum atomic E-state index is -1.86. The van der Waals surface area contributed by atoms with Gasteiger partial charge < -0.3 is 4.55 Å². The third-order valence-electron chi connectivity index (χ3n) is 1.02. The highest BCUT2D eigenvalue weighted by Gasteiger charge is 2.05. The molecule has 1 N–H and O–H groups in total. The summed E-state index contributed by atoms with van der Waals surface area (Å²) in [6, 6.07) is -0.351. The summed E-state index contributed by atoms with van der Waals surface area (Å²) in [5.74, 6) is 0.0283. The normalized spacial score (nSPS) is 15.4. The first-order valence-electron chi connectivity index (χ1n) is 2.82. The molecule has 0 fully saturated rings. The topological polar surface area (TPSA) is 86.1 Å². The van der Waals surface area contributed by atoms with E-state index in [0.29, 0.717) is 6.42 Å². The highest BCUT2D eigenvalue weighted by Crippen LogP contribution is 1.98. The Morgan fingerprint density at radius 3 is 2.80 bits per heavy atom. The molecule has 10 heavy (non-hydrogen) atoms. The summed E-state index contributed by atoms with van der Waals surface area (Å²) in [5.41, 5.74) is 7.96. The van der Waals surface area contributed by atoms with Crippen molar-refractivity contribution in [3.05, 3.63) is 10.4 Å². The van der Waals surface area contributed by atoms with Crippen molar-refractivity contribution < 1.29 is 8.76 Å². The van der Waals surface area contributed by atoms with Crippen molar-refractivity contribution in [2.75, 3.05) is 5.75 Å². The van der Waals surface area contributed by atoms with Crippen molar-refractivity contribution >= 4 is 11.1 Å². The Morgan fingerprint density at radius 2 is 2.50 bits per heavy atom. The lowest BCUT2D eigenvalue weighted by molar-refractivity contribution is 0.553. The van der Waals surface area contributed by atoms with Crippen LogP contribution in [-0.4, -0.2) is 20.6 Å². The predicted octanol–water partition coefficient (Wildman–Crippen LogP) is 1.30. The van der Waals surface area contributed by atoms with Gasteiger partial charge in [-0.15, -0.1) is 0 Å². The van der Waals surface area contributed by atoms with Gasteiger partial charge in [0.25, 0.3) is 0 Å². The lowest BCUT2D eigenvalue weighted by Crippen LogP contribution is -2.12. The van der Waals surface area contributed by atoms with Crippen LogP contribution in [-0.2, 0) is 11.1 Å². The van der Waals surface area contributed by atoms with Gasteiger partial charge in [0.05, 0.1) is 11.8 Å². The molecule has 2 unspecified atom stereocenters. The van der Waals surface area contributed by atoms with E-state index in [-0.39, 0.29) is 11.8 Å². The Hall–Kier alpha value is -0.580. The van der Waals surface area contributed by atoms with Crippen molar-refractivity contribution in [3.63, 3.8) is 0 Å². The Bertz CT molecular complexity index is 166. The molecule has 0 saturated heterocycles. The smallest absolute Gasteiger partial charge is 0.153 e. The van der Waals surface area contributed by atoms with Gasteiger partial charge in [-0.05, 0) is 12.0 Å². The van der Waals surface area contributed by atoms with Gasteiger partial charge in [-0.1, -0.05) is 12.0 Å². The molecule has 6 heteroatoms. The average Bonchev–Trinajstić information content (AvgIpc) is 1.86. The van der Waals surface area contributed by atoms with Gasteiger partial charge in [-0.2, -0.15) is 0 Å². The molecule has 0 heterocycles. The minimum absolute atomic E-state index is 0.0283. The maximum atomic E-state index is 10.2. The molecule has 0 saturated carbocycles. The summed E-state index contributed by atoms with van der Waals surface area (Å²) in [4.78, 5) is 2.54. The van der Waals surface area contributed by atoms with E-state index in [1.165, 1.54) is 0 Å².